The van der Waals surface area contributed by atoms with Gasteiger partial charge in [0.15, 0.2) is 0 Å². The van der Waals surface area contributed by atoms with Gasteiger partial charge in [0.2, 0.25) is 0 Å². The Kier molecular flexibility index (Phi) is 5.07. The van der Waals surface area contributed by atoms with Crippen molar-refractivity contribution in [3.05, 3.63) is 12.2 Å². The summed E-state index contributed by atoms with van der Waals surface area (Å²) in [4.78, 5) is 20.1. The van der Waals surface area contributed by atoms with Gasteiger partial charge in [0, 0.05) is 6.42 Å². The zero-order valence-corrected chi connectivity index (χ0v) is 6.49. The lowest BCUT2D eigenvalue weighted by molar-refractivity contribution is -0.140. The predicted octanol–water partition coefficient (Wildman–Crippen LogP) is 1.24. The van der Waals surface area contributed by atoms with E-state index in [-0.39, 0.29) is 5.92 Å². The maximum atomic E-state index is 10.3. The molecule has 0 rings (SSSR count). The summed E-state index contributed by atoms with van der Waals surface area (Å²) < 4.78 is 0. The number of carboxylic acid groups (broad SMARTS) is 1. The molecule has 11 heavy (non-hydrogen) atoms. The molecule has 1 N–H and O–H groups in total. The fourth-order valence-electron chi connectivity index (χ4n) is 0.553. The SMILES string of the molecule is CC(C/C=C\CC=O)C(=O)O. The minimum atomic E-state index is -0.805. The van der Waals surface area contributed by atoms with Gasteiger partial charge in [-0.1, -0.05) is 19.1 Å². The van der Waals surface area contributed by atoms with Gasteiger partial charge in [-0.3, -0.25) is 4.79 Å². The van der Waals surface area contributed by atoms with Crippen LogP contribution in [0, 0.1) is 5.92 Å². The molecule has 0 amide bonds. The number of carbonyl (C=O) groups is 2. The maximum Gasteiger partial charge on any atom is 0.306 e. The van der Waals surface area contributed by atoms with Crippen LogP contribution < -0.4 is 0 Å². The Balaban J connectivity index is 3.52. The molecule has 0 fully saturated rings. The summed E-state index contributed by atoms with van der Waals surface area (Å²) in [5, 5.41) is 8.44. The van der Waals surface area contributed by atoms with Crippen LogP contribution in [0.3, 0.4) is 0 Å². The number of carbonyl (C=O) groups excluding carboxylic acids is 1. The summed E-state index contributed by atoms with van der Waals surface area (Å²) in [6.07, 6.45) is 5.02. The molecule has 3 nitrogen and oxygen atoms in total. The molecule has 0 saturated carbocycles. The Morgan fingerprint density at radius 2 is 2.18 bits per heavy atom. The zero-order valence-electron chi connectivity index (χ0n) is 6.49. The van der Waals surface area contributed by atoms with Gasteiger partial charge >= 0.3 is 5.97 Å². The first-order chi connectivity index (χ1) is 5.18. The molecule has 0 spiro atoms. The van der Waals surface area contributed by atoms with Crippen LogP contribution in [0.15, 0.2) is 12.2 Å². The number of aldehydes is 1. The van der Waals surface area contributed by atoms with Gasteiger partial charge in [-0.05, 0) is 6.42 Å². The third-order valence-electron chi connectivity index (χ3n) is 1.31. The first-order valence-corrected chi connectivity index (χ1v) is 3.50. The Hall–Kier alpha value is -1.12. The molecule has 1 atom stereocenters. The van der Waals surface area contributed by atoms with Crippen molar-refractivity contribution >= 4 is 12.3 Å². The monoisotopic (exact) mass is 156 g/mol. The Labute approximate surface area is 65.7 Å². The van der Waals surface area contributed by atoms with Gasteiger partial charge in [0.1, 0.15) is 6.29 Å². The van der Waals surface area contributed by atoms with E-state index in [1.165, 1.54) is 0 Å². The lowest BCUT2D eigenvalue weighted by Crippen LogP contribution is -2.07. The molecule has 0 aromatic heterocycles. The van der Waals surface area contributed by atoms with Crippen LogP contribution in [0.4, 0.5) is 0 Å². The minimum absolute atomic E-state index is 0.363. The lowest BCUT2D eigenvalue weighted by atomic mass is 10.1. The highest BCUT2D eigenvalue weighted by Gasteiger charge is 2.06. The van der Waals surface area contributed by atoms with Gasteiger partial charge < -0.3 is 9.90 Å². The highest BCUT2D eigenvalue weighted by Crippen LogP contribution is 2.02. The van der Waals surface area contributed by atoms with E-state index in [1.54, 1.807) is 19.1 Å². The topological polar surface area (TPSA) is 54.4 Å². The third kappa shape index (κ3) is 5.33. The summed E-state index contributed by atoms with van der Waals surface area (Å²) in [5.74, 6) is -1.17. The summed E-state index contributed by atoms with van der Waals surface area (Å²) >= 11 is 0. The van der Waals surface area contributed by atoms with Crippen molar-refractivity contribution in [1.29, 1.82) is 0 Å². The third-order valence-corrected chi connectivity index (χ3v) is 1.31. The first-order valence-electron chi connectivity index (χ1n) is 3.50. The van der Waals surface area contributed by atoms with E-state index in [0.29, 0.717) is 12.8 Å². The highest BCUT2D eigenvalue weighted by atomic mass is 16.4. The van der Waals surface area contributed by atoms with E-state index >= 15 is 0 Å². The van der Waals surface area contributed by atoms with Crippen LogP contribution in [-0.2, 0) is 9.59 Å². The van der Waals surface area contributed by atoms with Crippen molar-refractivity contribution in [2.75, 3.05) is 0 Å². The normalized spacial score (nSPS) is 13.2. The number of hydrogen-bond acceptors (Lipinski definition) is 2. The second-order valence-corrected chi connectivity index (χ2v) is 2.35. The number of allylic oxidation sites excluding steroid dienone is 2. The van der Waals surface area contributed by atoms with Crippen molar-refractivity contribution in [3.8, 4) is 0 Å². The van der Waals surface area contributed by atoms with E-state index in [9.17, 15) is 9.59 Å². The number of hydrogen-bond donors (Lipinski definition) is 1. The highest BCUT2D eigenvalue weighted by molar-refractivity contribution is 5.69. The smallest absolute Gasteiger partial charge is 0.306 e. The van der Waals surface area contributed by atoms with Crippen LogP contribution in [0.2, 0.25) is 0 Å². The molecule has 3 heteroatoms. The molecule has 0 heterocycles. The van der Waals surface area contributed by atoms with Crippen molar-refractivity contribution < 1.29 is 14.7 Å². The van der Waals surface area contributed by atoms with Crippen LogP contribution in [-0.4, -0.2) is 17.4 Å². The van der Waals surface area contributed by atoms with E-state index in [1.807, 2.05) is 0 Å². The summed E-state index contributed by atoms with van der Waals surface area (Å²) in [6, 6.07) is 0. The van der Waals surface area contributed by atoms with Crippen LogP contribution >= 0.6 is 0 Å². The quantitative estimate of drug-likeness (QED) is 0.481. The summed E-state index contributed by atoms with van der Waals surface area (Å²) in [7, 11) is 0. The van der Waals surface area contributed by atoms with Gasteiger partial charge in [0.05, 0.1) is 5.92 Å². The predicted molar refractivity (Wildman–Crippen MR) is 41.2 cm³/mol. The Morgan fingerprint density at radius 1 is 1.55 bits per heavy atom. The molecule has 0 saturated heterocycles. The van der Waals surface area contributed by atoms with E-state index in [4.69, 9.17) is 5.11 Å². The molecule has 1 unspecified atom stereocenters. The van der Waals surface area contributed by atoms with Crippen LogP contribution in [0.1, 0.15) is 19.8 Å². The van der Waals surface area contributed by atoms with Crippen molar-refractivity contribution in [1.82, 2.24) is 0 Å². The van der Waals surface area contributed by atoms with E-state index < -0.39 is 5.97 Å². The zero-order chi connectivity index (χ0) is 8.69. The van der Waals surface area contributed by atoms with Crippen molar-refractivity contribution in [2.45, 2.75) is 19.8 Å². The molecule has 0 aliphatic heterocycles. The van der Waals surface area contributed by atoms with Crippen LogP contribution in [0.25, 0.3) is 0 Å². The van der Waals surface area contributed by atoms with Crippen LogP contribution in [0.5, 0.6) is 0 Å². The van der Waals surface area contributed by atoms with Crippen molar-refractivity contribution in [2.24, 2.45) is 5.92 Å². The fourth-order valence-corrected chi connectivity index (χ4v) is 0.553. The molecule has 0 aromatic rings. The average molecular weight is 156 g/mol. The van der Waals surface area contributed by atoms with Crippen molar-refractivity contribution in [3.63, 3.8) is 0 Å². The summed E-state index contributed by atoms with van der Waals surface area (Å²) in [6.45, 7) is 1.63. The lowest BCUT2D eigenvalue weighted by Gasteiger charge is -1.98. The molecular weight excluding hydrogens is 144 g/mol. The van der Waals surface area contributed by atoms with Gasteiger partial charge in [-0.15, -0.1) is 0 Å². The second-order valence-electron chi connectivity index (χ2n) is 2.35. The second kappa shape index (κ2) is 5.65. The summed E-state index contributed by atoms with van der Waals surface area (Å²) in [5.41, 5.74) is 0. The number of rotatable bonds is 5. The van der Waals surface area contributed by atoms with Gasteiger partial charge in [0.25, 0.3) is 0 Å². The molecule has 0 bridgehead atoms. The Morgan fingerprint density at radius 3 is 2.64 bits per heavy atom. The first kappa shape index (κ1) is 9.88. The maximum absolute atomic E-state index is 10.3. The largest absolute Gasteiger partial charge is 0.481 e. The molecule has 0 aliphatic carbocycles. The number of aliphatic carboxylic acids is 1. The standard InChI is InChI=1S/C8H12O3/c1-7(8(10)11)5-3-2-4-6-9/h2-3,6-7H,4-5H2,1H3,(H,10,11)/b3-2-. The van der Waals surface area contributed by atoms with E-state index in [0.717, 1.165) is 6.29 Å². The molecule has 0 radical (unpaired) electrons. The fraction of sp³-hybridized carbons (Fsp3) is 0.500. The van der Waals surface area contributed by atoms with Gasteiger partial charge in [-0.2, -0.15) is 0 Å². The molecule has 62 valence electrons. The Bertz CT molecular complexity index is 161. The number of carboxylic acids is 1. The average Bonchev–Trinajstić information content (AvgIpc) is 1.97. The molecule has 0 aromatic carbocycles. The van der Waals surface area contributed by atoms with E-state index in [2.05, 4.69) is 0 Å². The molecular formula is C8H12O3. The molecule has 0 aliphatic rings. The van der Waals surface area contributed by atoms with Gasteiger partial charge in [-0.25, -0.2) is 0 Å². The minimum Gasteiger partial charge on any atom is -0.481 e.